The van der Waals surface area contributed by atoms with E-state index in [0.717, 1.165) is 50.5 Å². The normalized spacial score (nSPS) is 20.2. The Morgan fingerprint density at radius 2 is 1.90 bits per heavy atom. The fourth-order valence-corrected chi connectivity index (χ4v) is 6.48. The molecule has 1 aliphatic carbocycles. The molecule has 5 rings (SSSR count). The molecule has 2 N–H and O–H groups in total. The van der Waals surface area contributed by atoms with Gasteiger partial charge in [-0.05, 0) is 49.3 Å². The highest BCUT2D eigenvalue weighted by Crippen LogP contribution is 2.40. The van der Waals surface area contributed by atoms with Crippen molar-refractivity contribution in [3.05, 3.63) is 30.0 Å². The number of carbonyl (C=O) groups excluding carboxylic acids is 1. The van der Waals surface area contributed by atoms with Crippen molar-refractivity contribution in [3.8, 4) is 5.75 Å². The highest BCUT2D eigenvalue weighted by molar-refractivity contribution is 5.95. The molecule has 1 aromatic carbocycles. The minimum absolute atomic E-state index is 0.0889. The number of piperidine rings is 1. The predicted molar refractivity (Wildman–Crippen MR) is 158 cm³/mol. The number of fused-ring (bicyclic) bond motifs is 1. The molecular weight excluding hydrogens is 509 g/mol. The Hall–Kier alpha value is -3.14. The van der Waals surface area contributed by atoms with Gasteiger partial charge in [0.2, 0.25) is 5.95 Å². The summed E-state index contributed by atoms with van der Waals surface area (Å²) >= 11 is 0. The van der Waals surface area contributed by atoms with Gasteiger partial charge < -0.3 is 30.1 Å². The lowest BCUT2D eigenvalue weighted by molar-refractivity contribution is 0.0908. The number of halogens is 1. The maximum absolute atomic E-state index is 13.0. The Morgan fingerprint density at radius 1 is 1.15 bits per heavy atom. The summed E-state index contributed by atoms with van der Waals surface area (Å²) in [6.45, 7) is 8.26. The maximum Gasteiger partial charge on any atom is 0.251 e. The monoisotopic (exact) mass is 553 g/mol. The maximum atomic E-state index is 13.0. The first kappa shape index (κ1) is 28.4. The summed E-state index contributed by atoms with van der Waals surface area (Å²) in [7, 11) is 3.72. The van der Waals surface area contributed by atoms with Crippen molar-refractivity contribution in [2.75, 3.05) is 68.7 Å². The summed E-state index contributed by atoms with van der Waals surface area (Å²) in [5.41, 5.74) is 2.41. The Bertz CT molecular complexity index is 1180. The molecular formula is C30H44FN7O2. The van der Waals surface area contributed by atoms with Gasteiger partial charge in [0, 0.05) is 57.4 Å². The first-order valence-electron chi connectivity index (χ1n) is 14.7. The summed E-state index contributed by atoms with van der Waals surface area (Å²) < 4.78 is 18.3. The van der Waals surface area contributed by atoms with Gasteiger partial charge in [-0.1, -0.05) is 26.7 Å². The molecule has 0 radical (unpaired) electrons. The van der Waals surface area contributed by atoms with Gasteiger partial charge in [0.15, 0.2) is 5.82 Å². The summed E-state index contributed by atoms with van der Waals surface area (Å²) in [4.78, 5) is 29.6. The van der Waals surface area contributed by atoms with Crippen LogP contribution in [0.2, 0.25) is 0 Å². The van der Waals surface area contributed by atoms with Gasteiger partial charge in [-0.3, -0.25) is 4.79 Å². The molecule has 1 saturated carbocycles. The molecule has 2 aliphatic heterocycles. The van der Waals surface area contributed by atoms with Crippen LogP contribution in [0.15, 0.2) is 24.4 Å². The zero-order chi connectivity index (χ0) is 28.3. The van der Waals surface area contributed by atoms with E-state index in [1.807, 2.05) is 12.3 Å². The van der Waals surface area contributed by atoms with Gasteiger partial charge in [0.25, 0.3) is 5.91 Å². The Kier molecular flexibility index (Phi) is 8.63. The van der Waals surface area contributed by atoms with Crippen molar-refractivity contribution in [2.45, 2.75) is 64.5 Å². The van der Waals surface area contributed by atoms with Crippen LogP contribution in [0.25, 0.3) is 0 Å². The highest BCUT2D eigenvalue weighted by atomic mass is 19.1. The van der Waals surface area contributed by atoms with E-state index in [0.29, 0.717) is 35.5 Å². The molecule has 1 amide bonds. The number of anilines is 4. The fourth-order valence-electron chi connectivity index (χ4n) is 6.48. The number of hydrogen-bond acceptors (Lipinski definition) is 8. The molecule has 3 heterocycles. The number of hydrogen-bond donors (Lipinski definition) is 2. The van der Waals surface area contributed by atoms with Crippen molar-refractivity contribution in [2.24, 2.45) is 5.41 Å². The molecule has 1 aromatic heterocycles. The van der Waals surface area contributed by atoms with E-state index in [1.165, 1.54) is 25.7 Å². The molecule has 40 heavy (non-hydrogen) atoms. The van der Waals surface area contributed by atoms with E-state index in [1.54, 1.807) is 19.2 Å². The first-order valence-corrected chi connectivity index (χ1v) is 14.7. The molecule has 0 unspecified atom stereocenters. The molecule has 9 nitrogen and oxygen atoms in total. The molecule has 0 spiro atoms. The zero-order valence-electron chi connectivity index (χ0n) is 24.4. The fraction of sp³-hybridized carbons (Fsp3) is 0.633. The molecule has 2 aromatic rings. The predicted octanol–water partition coefficient (Wildman–Crippen LogP) is 4.62. The van der Waals surface area contributed by atoms with E-state index in [-0.39, 0.29) is 24.0 Å². The Morgan fingerprint density at radius 3 is 2.60 bits per heavy atom. The van der Waals surface area contributed by atoms with E-state index < -0.39 is 0 Å². The standard InChI is InChI=1S/C30H44FN7O2/c1-30(2)19-36(3)25-18-32-29(35-27(25)38(20-30)23-7-5-6-8-23)34-24-10-9-21(17-26(24)40-4)28(39)33-22-11-14-37(15-12-22)16-13-31/h9-10,17-18,22-23H,5-8,11-16,19-20H2,1-4H3,(H,33,39)(H,32,34,35). The lowest BCUT2D eigenvalue weighted by Crippen LogP contribution is -2.45. The van der Waals surface area contributed by atoms with Gasteiger partial charge in [-0.2, -0.15) is 4.98 Å². The van der Waals surface area contributed by atoms with Crippen LogP contribution in [0.3, 0.4) is 0 Å². The molecule has 0 bridgehead atoms. The lowest BCUT2D eigenvalue weighted by atomic mass is 9.92. The third-order valence-electron chi connectivity index (χ3n) is 8.50. The number of rotatable bonds is 8. The zero-order valence-corrected chi connectivity index (χ0v) is 24.4. The third-order valence-corrected chi connectivity index (χ3v) is 8.50. The number of nitrogens with zero attached hydrogens (tertiary/aromatic N) is 5. The summed E-state index contributed by atoms with van der Waals surface area (Å²) in [5.74, 6) is 1.90. The van der Waals surface area contributed by atoms with Gasteiger partial charge in [-0.15, -0.1) is 0 Å². The van der Waals surface area contributed by atoms with E-state index in [9.17, 15) is 9.18 Å². The second-order valence-corrected chi connectivity index (χ2v) is 12.3. The minimum Gasteiger partial charge on any atom is -0.495 e. The number of carbonyl (C=O) groups is 1. The topological polar surface area (TPSA) is 85.9 Å². The summed E-state index contributed by atoms with van der Waals surface area (Å²) in [6, 6.07) is 5.97. The quantitative estimate of drug-likeness (QED) is 0.490. The number of ether oxygens (including phenoxy) is 1. The Labute approximate surface area is 237 Å². The van der Waals surface area contributed by atoms with E-state index >= 15 is 0 Å². The van der Waals surface area contributed by atoms with Crippen LogP contribution in [0.1, 0.15) is 62.7 Å². The van der Waals surface area contributed by atoms with Gasteiger partial charge >= 0.3 is 0 Å². The number of aromatic nitrogens is 2. The van der Waals surface area contributed by atoms with Crippen LogP contribution < -0.4 is 25.2 Å². The second-order valence-electron chi connectivity index (χ2n) is 12.3. The average Bonchev–Trinajstić information content (AvgIpc) is 3.45. The minimum atomic E-state index is -0.332. The van der Waals surface area contributed by atoms with Gasteiger partial charge in [0.05, 0.1) is 24.7 Å². The van der Waals surface area contributed by atoms with Crippen molar-refractivity contribution in [3.63, 3.8) is 0 Å². The molecule has 3 aliphatic rings. The molecule has 2 fully saturated rings. The number of methoxy groups -OCH3 is 1. The molecule has 10 heteroatoms. The number of amides is 1. The highest BCUT2D eigenvalue weighted by Gasteiger charge is 2.36. The number of benzene rings is 1. The number of nitrogens with one attached hydrogen (secondary N) is 2. The van der Waals surface area contributed by atoms with Gasteiger partial charge in [-0.25, -0.2) is 9.37 Å². The van der Waals surface area contributed by atoms with Crippen LogP contribution in [0.4, 0.5) is 27.5 Å². The SMILES string of the molecule is COc1cc(C(=O)NC2CCN(CCF)CC2)ccc1Nc1ncc2c(n1)N(C1CCCC1)CC(C)(C)CN2C. The number of likely N-dealkylation sites (tertiary alicyclic amines) is 1. The van der Waals surface area contributed by atoms with Crippen LogP contribution in [-0.4, -0.2) is 86.4 Å². The summed E-state index contributed by atoms with van der Waals surface area (Å²) in [5, 5.41) is 6.48. The smallest absolute Gasteiger partial charge is 0.251 e. The van der Waals surface area contributed by atoms with Crippen LogP contribution in [0.5, 0.6) is 5.75 Å². The first-order chi connectivity index (χ1) is 19.3. The van der Waals surface area contributed by atoms with Gasteiger partial charge in [0.1, 0.15) is 12.4 Å². The largest absolute Gasteiger partial charge is 0.495 e. The van der Waals surface area contributed by atoms with Crippen LogP contribution in [-0.2, 0) is 0 Å². The lowest BCUT2D eigenvalue weighted by Gasteiger charge is -2.35. The second kappa shape index (κ2) is 12.2. The van der Waals surface area contributed by atoms with Crippen LogP contribution in [0, 0.1) is 5.41 Å². The molecule has 1 saturated heterocycles. The summed E-state index contributed by atoms with van der Waals surface area (Å²) in [6.07, 6.45) is 8.48. The Balaban J connectivity index is 1.32. The average molecular weight is 554 g/mol. The van der Waals surface area contributed by atoms with Crippen molar-refractivity contribution in [1.82, 2.24) is 20.2 Å². The van der Waals surface area contributed by atoms with Crippen molar-refractivity contribution in [1.29, 1.82) is 0 Å². The van der Waals surface area contributed by atoms with E-state index in [4.69, 9.17) is 9.72 Å². The van der Waals surface area contributed by atoms with E-state index in [2.05, 4.69) is 51.2 Å². The molecule has 218 valence electrons. The molecule has 0 atom stereocenters. The van der Waals surface area contributed by atoms with Crippen LogP contribution >= 0.6 is 0 Å². The van der Waals surface area contributed by atoms with Crippen molar-refractivity contribution < 1.29 is 13.9 Å². The third kappa shape index (κ3) is 6.43. The van der Waals surface area contributed by atoms with Crippen molar-refractivity contribution >= 4 is 29.0 Å². The number of alkyl halides is 1.